The average molecular weight is 287 g/mol. The SMILES string of the molecule is Fc1ccc(Sc2ccccc2)c(C2CCNCC2)c1. The zero-order valence-electron chi connectivity index (χ0n) is 11.3. The van der Waals surface area contributed by atoms with Crippen molar-refractivity contribution < 1.29 is 4.39 Å². The van der Waals surface area contributed by atoms with Gasteiger partial charge in [0.2, 0.25) is 0 Å². The van der Waals surface area contributed by atoms with E-state index < -0.39 is 0 Å². The number of benzene rings is 2. The van der Waals surface area contributed by atoms with Crippen LogP contribution < -0.4 is 5.32 Å². The van der Waals surface area contributed by atoms with Gasteiger partial charge in [0.25, 0.3) is 0 Å². The third-order valence-electron chi connectivity index (χ3n) is 3.72. The number of hydrogen-bond donors (Lipinski definition) is 1. The second kappa shape index (κ2) is 6.42. The van der Waals surface area contributed by atoms with Gasteiger partial charge in [-0.25, -0.2) is 4.39 Å². The lowest BCUT2D eigenvalue weighted by atomic mass is 9.90. The van der Waals surface area contributed by atoms with Crippen LogP contribution in [0.3, 0.4) is 0 Å². The summed E-state index contributed by atoms with van der Waals surface area (Å²) in [6.45, 7) is 2.05. The van der Waals surface area contributed by atoms with Gasteiger partial charge in [0.15, 0.2) is 0 Å². The lowest BCUT2D eigenvalue weighted by Gasteiger charge is -2.25. The zero-order chi connectivity index (χ0) is 13.8. The van der Waals surface area contributed by atoms with Crippen molar-refractivity contribution in [3.05, 3.63) is 59.9 Å². The Balaban J connectivity index is 1.89. The molecule has 1 aliphatic rings. The summed E-state index contributed by atoms with van der Waals surface area (Å²) in [5.41, 5.74) is 1.17. The van der Waals surface area contributed by atoms with Crippen LogP contribution in [0.4, 0.5) is 4.39 Å². The maximum atomic E-state index is 13.6. The first kappa shape index (κ1) is 13.7. The van der Waals surface area contributed by atoms with Crippen molar-refractivity contribution in [1.29, 1.82) is 0 Å². The van der Waals surface area contributed by atoms with Gasteiger partial charge >= 0.3 is 0 Å². The molecule has 0 aromatic heterocycles. The molecule has 3 heteroatoms. The molecule has 0 atom stereocenters. The number of nitrogens with one attached hydrogen (secondary N) is 1. The highest BCUT2D eigenvalue weighted by Crippen LogP contribution is 2.37. The molecular weight excluding hydrogens is 269 g/mol. The van der Waals surface area contributed by atoms with Crippen molar-refractivity contribution in [2.24, 2.45) is 0 Å². The van der Waals surface area contributed by atoms with E-state index in [1.165, 1.54) is 15.4 Å². The lowest BCUT2D eigenvalue weighted by molar-refractivity contribution is 0.454. The molecule has 0 spiro atoms. The van der Waals surface area contributed by atoms with E-state index in [9.17, 15) is 4.39 Å². The van der Waals surface area contributed by atoms with Crippen LogP contribution in [-0.2, 0) is 0 Å². The van der Waals surface area contributed by atoms with E-state index in [2.05, 4.69) is 17.4 Å². The molecule has 3 rings (SSSR count). The summed E-state index contributed by atoms with van der Waals surface area (Å²) in [6, 6.07) is 15.5. The van der Waals surface area contributed by atoms with Gasteiger partial charge in [-0.2, -0.15) is 0 Å². The van der Waals surface area contributed by atoms with E-state index in [4.69, 9.17) is 0 Å². The fourth-order valence-electron chi connectivity index (χ4n) is 2.68. The monoisotopic (exact) mass is 287 g/mol. The highest BCUT2D eigenvalue weighted by Gasteiger charge is 2.19. The maximum Gasteiger partial charge on any atom is 0.123 e. The molecule has 1 fully saturated rings. The quantitative estimate of drug-likeness (QED) is 0.895. The predicted molar refractivity (Wildman–Crippen MR) is 81.8 cm³/mol. The molecule has 1 saturated heterocycles. The van der Waals surface area contributed by atoms with Gasteiger partial charge in [-0.15, -0.1) is 0 Å². The molecule has 104 valence electrons. The molecule has 0 bridgehead atoms. The second-order valence-corrected chi connectivity index (χ2v) is 6.24. The van der Waals surface area contributed by atoms with E-state index in [1.807, 2.05) is 24.3 Å². The Morgan fingerprint density at radius 2 is 1.75 bits per heavy atom. The second-order valence-electron chi connectivity index (χ2n) is 5.12. The van der Waals surface area contributed by atoms with Crippen LogP contribution in [0.5, 0.6) is 0 Å². The first-order valence-electron chi connectivity index (χ1n) is 7.06. The van der Waals surface area contributed by atoms with Gasteiger partial charge in [0.1, 0.15) is 5.82 Å². The lowest BCUT2D eigenvalue weighted by Crippen LogP contribution is -2.26. The summed E-state index contributed by atoms with van der Waals surface area (Å²) in [4.78, 5) is 2.39. The number of halogens is 1. The van der Waals surface area contributed by atoms with Crippen LogP contribution >= 0.6 is 11.8 Å². The Labute approximate surface area is 123 Å². The zero-order valence-corrected chi connectivity index (χ0v) is 12.1. The number of piperidine rings is 1. The summed E-state index contributed by atoms with van der Waals surface area (Å²) in [5, 5.41) is 3.37. The molecule has 0 saturated carbocycles. The van der Waals surface area contributed by atoms with E-state index in [1.54, 1.807) is 23.9 Å². The van der Waals surface area contributed by atoms with E-state index in [0.29, 0.717) is 5.92 Å². The van der Waals surface area contributed by atoms with E-state index in [0.717, 1.165) is 25.9 Å². The molecule has 1 nitrogen and oxygen atoms in total. The topological polar surface area (TPSA) is 12.0 Å². The molecule has 1 heterocycles. The first-order valence-corrected chi connectivity index (χ1v) is 7.87. The van der Waals surface area contributed by atoms with E-state index in [-0.39, 0.29) is 5.82 Å². The molecule has 2 aromatic rings. The first-order chi connectivity index (χ1) is 9.83. The molecular formula is C17H18FNS. The maximum absolute atomic E-state index is 13.6. The van der Waals surface area contributed by atoms with Crippen LogP contribution in [0.2, 0.25) is 0 Å². The van der Waals surface area contributed by atoms with Crippen LogP contribution in [0.25, 0.3) is 0 Å². The van der Waals surface area contributed by atoms with Crippen molar-refractivity contribution in [2.75, 3.05) is 13.1 Å². The fourth-order valence-corrected chi connectivity index (χ4v) is 3.71. The smallest absolute Gasteiger partial charge is 0.123 e. The fraction of sp³-hybridized carbons (Fsp3) is 0.294. The van der Waals surface area contributed by atoms with Crippen molar-refractivity contribution in [3.8, 4) is 0 Å². The van der Waals surface area contributed by atoms with Gasteiger partial charge in [0, 0.05) is 9.79 Å². The van der Waals surface area contributed by atoms with Gasteiger partial charge < -0.3 is 5.32 Å². The van der Waals surface area contributed by atoms with Gasteiger partial charge in [-0.3, -0.25) is 0 Å². The van der Waals surface area contributed by atoms with Crippen molar-refractivity contribution in [1.82, 2.24) is 5.32 Å². The van der Waals surface area contributed by atoms with Crippen molar-refractivity contribution >= 4 is 11.8 Å². The van der Waals surface area contributed by atoms with Gasteiger partial charge in [0.05, 0.1) is 0 Å². The summed E-state index contributed by atoms with van der Waals surface area (Å²) < 4.78 is 13.6. The normalized spacial score (nSPS) is 16.2. The largest absolute Gasteiger partial charge is 0.317 e. The summed E-state index contributed by atoms with van der Waals surface area (Å²) in [6.07, 6.45) is 2.18. The van der Waals surface area contributed by atoms with Crippen LogP contribution in [0.15, 0.2) is 58.3 Å². The minimum Gasteiger partial charge on any atom is -0.317 e. The molecule has 0 unspecified atom stereocenters. The molecule has 1 N–H and O–H groups in total. The van der Waals surface area contributed by atoms with Gasteiger partial charge in [-0.05, 0) is 67.7 Å². The molecule has 0 aliphatic carbocycles. The van der Waals surface area contributed by atoms with Crippen LogP contribution in [0.1, 0.15) is 24.3 Å². The summed E-state index contributed by atoms with van der Waals surface area (Å²) >= 11 is 1.73. The van der Waals surface area contributed by atoms with Crippen LogP contribution in [-0.4, -0.2) is 13.1 Å². The van der Waals surface area contributed by atoms with Gasteiger partial charge in [-0.1, -0.05) is 30.0 Å². The minimum atomic E-state index is -0.129. The predicted octanol–water partition coefficient (Wildman–Crippen LogP) is 4.44. The van der Waals surface area contributed by atoms with Crippen LogP contribution in [0, 0.1) is 5.82 Å². The Kier molecular flexibility index (Phi) is 4.38. The number of hydrogen-bond acceptors (Lipinski definition) is 2. The molecule has 1 aliphatic heterocycles. The third kappa shape index (κ3) is 3.22. The molecule has 0 radical (unpaired) electrons. The average Bonchev–Trinajstić information content (AvgIpc) is 2.51. The highest BCUT2D eigenvalue weighted by atomic mass is 32.2. The molecule has 0 amide bonds. The Bertz CT molecular complexity index is 564. The Morgan fingerprint density at radius 3 is 2.50 bits per heavy atom. The minimum absolute atomic E-state index is 0.129. The number of rotatable bonds is 3. The summed E-state index contributed by atoms with van der Waals surface area (Å²) in [7, 11) is 0. The Hall–Kier alpha value is -1.32. The molecule has 20 heavy (non-hydrogen) atoms. The molecule has 2 aromatic carbocycles. The van der Waals surface area contributed by atoms with E-state index >= 15 is 0 Å². The Morgan fingerprint density at radius 1 is 1.00 bits per heavy atom. The highest BCUT2D eigenvalue weighted by molar-refractivity contribution is 7.99. The van der Waals surface area contributed by atoms with Crippen molar-refractivity contribution in [3.63, 3.8) is 0 Å². The van der Waals surface area contributed by atoms with Crippen molar-refractivity contribution in [2.45, 2.75) is 28.6 Å². The summed E-state index contributed by atoms with van der Waals surface area (Å²) in [5.74, 6) is 0.342. The third-order valence-corrected chi connectivity index (χ3v) is 4.82. The standard InChI is InChI=1S/C17H18FNS/c18-14-6-7-17(20-15-4-2-1-3-5-15)16(12-14)13-8-10-19-11-9-13/h1-7,12-13,19H,8-11H2.